The van der Waals surface area contributed by atoms with E-state index in [1.165, 1.54) is 0 Å². The van der Waals surface area contributed by atoms with Crippen molar-refractivity contribution in [2.24, 2.45) is 5.92 Å². The highest BCUT2D eigenvalue weighted by Gasteiger charge is 2.35. The van der Waals surface area contributed by atoms with Crippen molar-refractivity contribution in [2.75, 3.05) is 6.54 Å². The van der Waals surface area contributed by atoms with Crippen molar-refractivity contribution in [1.29, 1.82) is 0 Å². The second-order valence-electron chi connectivity index (χ2n) is 6.07. The van der Waals surface area contributed by atoms with E-state index in [-0.39, 0.29) is 24.3 Å². The predicted molar refractivity (Wildman–Crippen MR) is 85.8 cm³/mol. The molecule has 0 unspecified atom stereocenters. The maximum Gasteiger partial charge on any atom is 0.303 e. The molecule has 1 amide bonds. The predicted octanol–water partition coefficient (Wildman–Crippen LogP) is 3.57. The first-order chi connectivity index (χ1) is 10.6. The Morgan fingerprint density at radius 1 is 1.23 bits per heavy atom. The molecule has 1 saturated carbocycles. The van der Waals surface area contributed by atoms with E-state index < -0.39 is 5.97 Å². The summed E-state index contributed by atoms with van der Waals surface area (Å²) in [7, 11) is 0. The van der Waals surface area contributed by atoms with Crippen LogP contribution in [0.4, 0.5) is 0 Å². The molecule has 0 aliphatic heterocycles. The summed E-state index contributed by atoms with van der Waals surface area (Å²) in [4.78, 5) is 25.9. The van der Waals surface area contributed by atoms with Crippen molar-refractivity contribution in [1.82, 2.24) is 4.90 Å². The highest BCUT2D eigenvalue weighted by atomic mass is 16.4. The molecule has 1 aliphatic carbocycles. The second-order valence-corrected chi connectivity index (χ2v) is 6.07. The molecule has 0 heterocycles. The molecule has 4 heteroatoms. The summed E-state index contributed by atoms with van der Waals surface area (Å²) in [6.45, 7) is 2.82. The summed E-state index contributed by atoms with van der Waals surface area (Å²) >= 11 is 0. The fourth-order valence-electron chi connectivity index (χ4n) is 3.38. The number of carbonyl (C=O) groups excluding carboxylic acids is 1. The summed E-state index contributed by atoms with van der Waals surface area (Å²) in [6, 6.07) is 9.37. The van der Waals surface area contributed by atoms with Gasteiger partial charge in [0.2, 0.25) is 0 Å². The summed E-state index contributed by atoms with van der Waals surface area (Å²) < 4.78 is 0. The zero-order valence-corrected chi connectivity index (χ0v) is 13.2. The first kappa shape index (κ1) is 16.5. The average molecular weight is 303 g/mol. The molecule has 0 aromatic heterocycles. The molecule has 0 bridgehead atoms. The van der Waals surface area contributed by atoms with Crippen molar-refractivity contribution >= 4 is 11.9 Å². The Morgan fingerprint density at radius 2 is 1.95 bits per heavy atom. The molecule has 0 radical (unpaired) electrons. The highest BCUT2D eigenvalue weighted by molar-refractivity contribution is 5.94. The Bertz CT molecular complexity index is 500. The van der Waals surface area contributed by atoms with Gasteiger partial charge in [-0.2, -0.15) is 0 Å². The SMILES string of the molecule is CCCCN(C(=O)c1ccccc1)[C@H]1CCC[C@H]1CC(=O)O. The van der Waals surface area contributed by atoms with E-state index in [1.807, 2.05) is 35.2 Å². The highest BCUT2D eigenvalue weighted by Crippen LogP contribution is 2.33. The summed E-state index contributed by atoms with van der Waals surface area (Å²) in [5.41, 5.74) is 0.694. The van der Waals surface area contributed by atoms with Gasteiger partial charge < -0.3 is 10.0 Å². The maximum atomic E-state index is 12.8. The molecule has 120 valence electrons. The standard InChI is InChI=1S/C18H25NO3/c1-2-3-12-19(18(22)14-8-5-4-6-9-14)16-11-7-10-15(16)13-17(20)21/h4-6,8-9,15-16H,2-3,7,10-13H2,1H3,(H,20,21)/t15-,16-/m0/s1. The molecule has 0 saturated heterocycles. The summed E-state index contributed by atoms with van der Waals surface area (Å²) in [5, 5.41) is 9.10. The lowest BCUT2D eigenvalue weighted by atomic mass is 9.97. The number of carboxylic acid groups (broad SMARTS) is 1. The number of carboxylic acids is 1. The van der Waals surface area contributed by atoms with E-state index in [9.17, 15) is 9.59 Å². The number of benzene rings is 1. The van der Waals surface area contributed by atoms with Gasteiger partial charge >= 0.3 is 5.97 Å². The minimum atomic E-state index is -0.764. The average Bonchev–Trinajstić information content (AvgIpc) is 2.95. The zero-order chi connectivity index (χ0) is 15.9. The van der Waals surface area contributed by atoms with Crippen LogP contribution in [-0.2, 0) is 4.79 Å². The van der Waals surface area contributed by atoms with Crippen molar-refractivity contribution < 1.29 is 14.7 Å². The molecule has 22 heavy (non-hydrogen) atoms. The van der Waals surface area contributed by atoms with E-state index in [0.29, 0.717) is 12.1 Å². The smallest absolute Gasteiger partial charge is 0.303 e. The molecule has 0 spiro atoms. The lowest BCUT2D eigenvalue weighted by Gasteiger charge is -2.33. The van der Waals surface area contributed by atoms with Gasteiger partial charge in [-0.1, -0.05) is 38.0 Å². The fraction of sp³-hybridized carbons (Fsp3) is 0.556. The third-order valence-electron chi connectivity index (χ3n) is 4.49. The Balaban J connectivity index is 2.17. The molecule has 1 aliphatic rings. The van der Waals surface area contributed by atoms with Crippen molar-refractivity contribution in [3.63, 3.8) is 0 Å². The third-order valence-corrected chi connectivity index (χ3v) is 4.49. The van der Waals surface area contributed by atoms with Crippen LogP contribution in [0.25, 0.3) is 0 Å². The Kier molecular flexibility index (Phi) is 5.99. The van der Waals surface area contributed by atoms with Crippen LogP contribution >= 0.6 is 0 Å². The van der Waals surface area contributed by atoms with Crippen LogP contribution in [0, 0.1) is 5.92 Å². The first-order valence-electron chi connectivity index (χ1n) is 8.21. The van der Waals surface area contributed by atoms with E-state index >= 15 is 0 Å². The Hall–Kier alpha value is -1.84. The topological polar surface area (TPSA) is 57.6 Å². The van der Waals surface area contributed by atoms with Crippen LogP contribution in [-0.4, -0.2) is 34.5 Å². The lowest BCUT2D eigenvalue weighted by Crippen LogP contribution is -2.43. The molecule has 1 fully saturated rings. The van der Waals surface area contributed by atoms with Crippen LogP contribution in [0.2, 0.25) is 0 Å². The number of nitrogens with zero attached hydrogens (tertiary/aromatic N) is 1. The van der Waals surface area contributed by atoms with E-state index in [2.05, 4.69) is 6.92 Å². The molecular formula is C18H25NO3. The molecule has 4 nitrogen and oxygen atoms in total. The number of hydrogen-bond donors (Lipinski definition) is 1. The quantitative estimate of drug-likeness (QED) is 0.837. The molecule has 1 N–H and O–H groups in total. The van der Waals surface area contributed by atoms with Crippen molar-refractivity contribution in [2.45, 2.75) is 51.5 Å². The van der Waals surface area contributed by atoms with Crippen LogP contribution in [0.3, 0.4) is 0 Å². The number of amides is 1. The number of aliphatic carboxylic acids is 1. The largest absolute Gasteiger partial charge is 0.481 e. The van der Waals surface area contributed by atoms with E-state index in [1.54, 1.807) is 0 Å². The van der Waals surface area contributed by atoms with Gasteiger partial charge in [-0.3, -0.25) is 9.59 Å². The third kappa shape index (κ3) is 4.09. The van der Waals surface area contributed by atoms with Gasteiger partial charge in [-0.05, 0) is 37.3 Å². The van der Waals surface area contributed by atoms with Crippen molar-refractivity contribution in [3.8, 4) is 0 Å². The van der Waals surface area contributed by atoms with Gasteiger partial charge in [-0.25, -0.2) is 0 Å². The molecule has 1 aromatic carbocycles. The Labute approximate surface area is 132 Å². The van der Waals surface area contributed by atoms with Gasteiger partial charge in [0.05, 0.1) is 6.42 Å². The molecule has 1 aromatic rings. The van der Waals surface area contributed by atoms with E-state index in [0.717, 1.165) is 32.1 Å². The summed E-state index contributed by atoms with van der Waals surface area (Å²) in [6.07, 6.45) is 4.97. The number of unbranched alkanes of at least 4 members (excludes halogenated alkanes) is 1. The van der Waals surface area contributed by atoms with Crippen LogP contribution in [0.15, 0.2) is 30.3 Å². The zero-order valence-electron chi connectivity index (χ0n) is 13.2. The lowest BCUT2D eigenvalue weighted by molar-refractivity contribution is -0.138. The minimum absolute atomic E-state index is 0.0383. The Morgan fingerprint density at radius 3 is 2.59 bits per heavy atom. The van der Waals surface area contributed by atoms with Gasteiger partial charge in [-0.15, -0.1) is 0 Å². The fourth-order valence-corrected chi connectivity index (χ4v) is 3.38. The number of hydrogen-bond acceptors (Lipinski definition) is 2. The van der Waals surface area contributed by atoms with Gasteiger partial charge in [0.1, 0.15) is 0 Å². The van der Waals surface area contributed by atoms with Gasteiger partial charge in [0.25, 0.3) is 5.91 Å². The maximum absolute atomic E-state index is 12.8. The normalized spacial score (nSPS) is 20.8. The van der Waals surface area contributed by atoms with Crippen LogP contribution in [0.1, 0.15) is 55.8 Å². The van der Waals surface area contributed by atoms with Crippen molar-refractivity contribution in [3.05, 3.63) is 35.9 Å². The van der Waals surface area contributed by atoms with Crippen LogP contribution in [0.5, 0.6) is 0 Å². The van der Waals surface area contributed by atoms with E-state index in [4.69, 9.17) is 5.11 Å². The second kappa shape index (κ2) is 7.97. The first-order valence-corrected chi connectivity index (χ1v) is 8.21. The monoisotopic (exact) mass is 303 g/mol. The van der Waals surface area contributed by atoms with Gasteiger partial charge in [0.15, 0.2) is 0 Å². The summed E-state index contributed by atoms with van der Waals surface area (Å²) in [5.74, 6) is -0.641. The molecular weight excluding hydrogens is 278 g/mol. The number of carbonyl (C=O) groups is 2. The minimum Gasteiger partial charge on any atom is -0.481 e. The van der Waals surface area contributed by atoms with Gasteiger partial charge in [0, 0.05) is 18.2 Å². The molecule has 2 atom stereocenters. The molecule has 2 rings (SSSR count). The van der Waals surface area contributed by atoms with Crippen LogP contribution < -0.4 is 0 Å². The number of rotatable bonds is 7.